The molecule has 1 N–H and O–H groups in total. The average molecular weight is 408 g/mol. The first-order chi connectivity index (χ1) is 14.4. The van der Waals surface area contributed by atoms with Crippen molar-refractivity contribution in [3.63, 3.8) is 0 Å². The van der Waals surface area contributed by atoms with Gasteiger partial charge in [0.2, 0.25) is 0 Å². The Labute approximate surface area is 174 Å². The fourth-order valence-corrected chi connectivity index (χ4v) is 3.07. The van der Waals surface area contributed by atoms with E-state index in [2.05, 4.69) is 15.6 Å². The van der Waals surface area contributed by atoms with Crippen molar-refractivity contribution in [1.29, 1.82) is 0 Å². The number of fused-ring (bicyclic) bond motifs is 1. The highest BCUT2D eigenvalue weighted by Gasteiger charge is 2.18. The van der Waals surface area contributed by atoms with E-state index in [1.54, 1.807) is 63.6 Å². The lowest BCUT2D eigenvalue weighted by Gasteiger charge is -2.13. The molecule has 0 unspecified atom stereocenters. The summed E-state index contributed by atoms with van der Waals surface area (Å²) in [6, 6.07) is 12.0. The lowest BCUT2D eigenvalue weighted by Crippen LogP contribution is -2.30. The van der Waals surface area contributed by atoms with Gasteiger partial charge < -0.3 is 9.47 Å². The summed E-state index contributed by atoms with van der Waals surface area (Å²) >= 11 is 0. The molecule has 1 aromatic heterocycles. The van der Waals surface area contributed by atoms with Crippen LogP contribution in [0.15, 0.2) is 52.4 Å². The van der Waals surface area contributed by atoms with Crippen LogP contribution in [-0.4, -0.2) is 35.6 Å². The van der Waals surface area contributed by atoms with Crippen LogP contribution in [0.25, 0.3) is 10.8 Å². The van der Waals surface area contributed by atoms with Crippen molar-refractivity contribution in [3.8, 4) is 11.5 Å². The number of nitrogens with zero attached hydrogens (tertiary/aromatic N) is 3. The van der Waals surface area contributed by atoms with Gasteiger partial charge in [0.25, 0.3) is 11.5 Å². The first-order valence-corrected chi connectivity index (χ1v) is 9.46. The van der Waals surface area contributed by atoms with Crippen LogP contribution in [0.1, 0.15) is 42.9 Å². The molecule has 0 aliphatic carbocycles. The maximum atomic E-state index is 12.9. The van der Waals surface area contributed by atoms with Crippen molar-refractivity contribution in [2.75, 3.05) is 14.2 Å². The highest BCUT2D eigenvalue weighted by atomic mass is 16.5. The Kier molecular flexibility index (Phi) is 6.15. The summed E-state index contributed by atoms with van der Waals surface area (Å²) in [5, 5.41) is 9.41. The Morgan fingerprint density at radius 2 is 1.80 bits per heavy atom. The standard InChI is InChI=1S/C22H24N4O4/c1-13(2)26-22(28)18-9-7-6-8-17(18)20(25-26)21(27)24-23-14(3)16-11-10-15(29-4)12-19(16)30-5/h6-13H,1-5H3,(H,24,27)/b23-14+. The number of aromatic nitrogens is 2. The molecule has 8 nitrogen and oxygen atoms in total. The monoisotopic (exact) mass is 408 g/mol. The van der Waals surface area contributed by atoms with E-state index in [9.17, 15) is 9.59 Å². The number of hydrazone groups is 1. The fraction of sp³-hybridized carbons (Fsp3) is 0.273. The maximum absolute atomic E-state index is 12.9. The second-order valence-electron chi connectivity index (χ2n) is 6.94. The lowest BCUT2D eigenvalue weighted by molar-refractivity contribution is 0.0949. The van der Waals surface area contributed by atoms with Gasteiger partial charge in [0.05, 0.1) is 31.4 Å². The van der Waals surface area contributed by atoms with Crippen molar-refractivity contribution in [3.05, 3.63) is 64.1 Å². The second-order valence-corrected chi connectivity index (χ2v) is 6.94. The summed E-state index contributed by atoms with van der Waals surface area (Å²) in [4.78, 5) is 25.5. The van der Waals surface area contributed by atoms with Gasteiger partial charge in [-0.2, -0.15) is 10.2 Å². The highest BCUT2D eigenvalue weighted by Crippen LogP contribution is 2.25. The molecule has 0 aliphatic heterocycles. The predicted octanol–water partition coefficient (Wildman–Crippen LogP) is 3.15. The molecule has 0 saturated carbocycles. The third-order valence-electron chi connectivity index (χ3n) is 4.66. The number of ether oxygens (including phenoxy) is 2. The molecule has 3 rings (SSSR count). The summed E-state index contributed by atoms with van der Waals surface area (Å²) in [6.07, 6.45) is 0. The maximum Gasteiger partial charge on any atom is 0.292 e. The van der Waals surface area contributed by atoms with Gasteiger partial charge in [-0.15, -0.1) is 0 Å². The first kappa shape index (κ1) is 21.0. The molecule has 156 valence electrons. The minimum absolute atomic E-state index is 0.136. The molecule has 8 heteroatoms. The molecule has 0 saturated heterocycles. The van der Waals surface area contributed by atoms with E-state index in [1.165, 1.54) is 4.68 Å². The number of carbonyl (C=O) groups is 1. The number of benzene rings is 2. The van der Waals surface area contributed by atoms with Crippen LogP contribution in [0.3, 0.4) is 0 Å². The molecule has 0 spiro atoms. The second kappa shape index (κ2) is 8.77. The third-order valence-corrected chi connectivity index (χ3v) is 4.66. The number of hydrogen-bond acceptors (Lipinski definition) is 6. The summed E-state index contributed by atoms with van der Waals surface area (Å²) in [6.45, 7) is 5.43. The van der Waals surface area contributed by atoms with E-state index < -0.39 is 5.91 Å². The summed E-state index contributed by atoms with van der Waals surface area (Å²) in [7, 11) is 3.12. The molecule has 0 aliphatic rings. The van der Waals surface area contributed by atoms with E-state index >= 15 is 0 Å². The predicted molar refractivity (Wildman–Crippen MR) is 116 cm³/mol. The molecule has 0 atom stereocenters. The fourth-order valence-electron chi connectivity index (χ4n) is 3.07. The summed E-state index contributed by atoms with van der Waals surface area (Å²) in [5.74, 6) is 0.716. The van der Waals surface area contributed by atoms with Crippen molar-refractivity contribution in [2.45, 2.75) is 26.8 Å². The Balaban J connectivity index is 1.98. The molecule has 1 amide bonds. The Morgan fingerprint density at radius 3 is 2.43 bits per heavy atom. The van der Waals surface area contributed by atoms with Gasteiger partial charge in [-0.05, 0) is 39.0 Å². The zero-order valence-electron chi connectivity index (χ0n) is 17.6. The van der Waals surface area contributed by atoms with Crippen LogP contribution >= 0.6 is 0 Å². The molecule has 3 aromatic rings. The van der Waals surface area contributed by atoms with Crippen molar-refractivity contribution < 1.29 is 14.3 Å². The Morgan fingerprint density at radius 1 is 1.10 bits per heavy atom. The topological polar surface area (TPSA) is 94.8 Å². The highest BCUT2D eigenvalue weighted by molar-refractivity contribution is 6.06. The Bertz CT molecular complexity index is 1180. The lowest BCUT2D eigenvalue weighted by atomic mass is 10.1. The molecular weight excluding hydrogens is 384 g/mol. The van der Waals surface area contributed by atoms with Gasteiger partial charge in [-0.1, -0.05) is 18.2 Å². The molecular formula is C22H24N4O4. The molecule has 30 heavy (non-hydrogen) atoms. The van der Waals surface area contributed by atoms with Crippen LogP contribution < -0.4 is 20.5 Å². The van der Waals surface area contributed by atoms with Crippen molar-refractivity contribution >= 4 is 22.4 Å². The smallest absolute Gasteiger partial charge is 0.292 e. The largest absolute Gasteiger partial charge is 0.497 e. The van der Waals surface area contributed by atoms with Crippen LogP contribution in [0.5, 0.6) is 11.5 Å². The van der Waals surface area contributed by atoms with E-state index in [-0.39, 0.29) is 17.3 Å². The van der Waals surface area contributed by atoms with Gasteiger partial charge in [0.1, 0.15) is 11.5 Å². The summed E-state index contributed by atoms with van der Waals surface area (Å²) in [5.41, 5.74) is 3.70. The van der Waals surface area contributed by atoms with Gasteiger partial charge >= 0.3 is 0 Å². The van der Waals surface area contributed by atoms with Gasteiger partial charge in [-0.25, -0.2) is 10.1 Å². The van der Waals surface area contributed by atoms with E-state index in [0.29, 0.717) is 33.5 Å². The minimum atomic E-state index is -0.507. The molecule has 1 heterocycles. The van der Waals surface area contributed by atoms with Crippen molar-refractivity contribution in [1.82, 2.24) is 15.2 Å². The number of carbonyl (C=O) groups excluding carboxylic acids is 1. The van der Waals surface area contributed by atoms with Gasteiger partial charge in [-0.3, -0.25) is 9.59 Å². The van der Waals surface area contributed by atoms with Gasteiger partial charge in [0.15, 0.2) is 5.69 Å². The molecule has 0 bridgehead atoms. The van der Waals surface area contributed by atoms with Gasteiger partial charge in [0, 0.05) is 17.0 Å². The van der Waals surface area contributed by atoms with Crippen LogP contribution in [-0.2, 0) is 0 Å². The summed E-state index contributed by atoms with van der Waals surface area (Å²) < 4.78 is 11.9. The number of nitrogens with one attached hydrogen (secondary N) is 1. The number of rotatable bonds is 6. The zero-order chi connectivity index (χ0) is 21.8. The van der Waals surface area contributed by atoms with E-state index in [0.717, 1.165) is 0 Å². The molecule has 0 fully saturated rings. The van der Waals surface area contributed by atoms with Crippen LogP contribution in [0.2, 0.25) is 0 Å². The number of methoxy groups -OCH3 is 2. The average Bonchev–Trinajstić information content (AvgIpc) is 2.76. The quantitative estimate of drug-likeness (QED) is 0.499. The minimum Gasteiger partial charge on any atom is -0.497 e. The van der Waals surface area contributed by atoms with Crippen LogP contribution in [0.4, 0.5) is 0 Å². The molecule has 0 radical (unpaired) electrons. The first-order valence-electron chi connectivity index (χ1n) is 9.46. The van der Waals surface area contributed by atoms with Crippen LogP contribution in [0, 0.1) is 0 Å². The third kappa shape index (κ3) is 4.03. The Hall–Kier alpha value is -3.68. The van der Waals surface area contributed by atoms with Crippen molar-refractivity contribution in [2.24, 2.45) is 5.10 Å². The zero-order valence-corrected chi connectivity index (χ0v) is 17.6. The molecule has 2 aromatic carbocycles. The normalized spacial score (nSPS) is 11.6. The number of amides is 1. The van der Waals surface area contributed by atoms with E-state index in [4.69, 9.17) is 9.47 Å². The number of hydrogen-bond donors (Lipinski definition) is 1. The van der Waals surface area contributed by atoms with E-state index in [1.807, 2.05) is 13.8 Å². The SMILES string of the molecule is COc1ccc(/C(C)=N/NC(=O)c2nn(C(C)C)c(=O)c3ccccc23)c(OC)c1.